The van der Waals surface area contributed by atoms with E-state index in [-0.39, 0.29) is 32.7 Å². The van der Waals surface area contributed by atoms with Crippen LogP contribution in [-0.2, 0) is 9.47 Å². The minimum absolute atomic E-state index is 0.00339. The number of methoxy groups -OCH3 is 2. The summed E-state index contributed by atoms with van der Waals surface area (Å²) in [5.41, 5.74) is 2.59. The molecule has 0 radical (unpaired) electrons. The second-order valence-corrected chi connectivity index (χ2v) is 19.5. The quantitative estimate of drug-likeness (QED) is 0.208. The largest absolute Gasteiger partial charge is 0.505 e. The third-order valence-corrected chi connectivity index (χ3v) is 16.0. The average Bonchev–Trinajstić information content (AvgIpc) is 3.52. The zero-order valence-electron chi connectivity index (χ0n) is 34.2. The minimum atomic E-state index is -0.721. The number of hydrogen-bond acceptors (Lipinski definition) is 6. The van der Waals surface area contributed by atoms with Crippen molar-refractivity contribution < 1.29 is 29.3 Å². The van der Waals surface area contributed by atoms with Gasteiger partial charge in [-0.2, -0.15) is 0 Å². The molecule has 0 unspecified atom stereocenters. The van der Waals surface area contributed by atoms with Gasteiger partial charge in [0.25, 0.3) is 0 Å². The molecule has 0 saturated heterocycles. The third kappa shape index (κ3) is 8.20. The Morgan fingerprint density at radius 1 is 0.800 bits per heavy atom. The molecule has 9 atom stereocenters. The Hall–Kier alpha value is -2.70. The molecule has 55 heavy (non-hydrogen) atoms. The fourth-order valence-electron chi connectivity index (χ4n) is 12.5. The van der Waals surface area contributed by atoms with Gasteiger partial charge in [0.2, 0.25) is 0 Å². The summed E-state index contributed by atoms with van der Waals surface area (Å²) < 4.78 is 9.85. The van der Waals surface area contributed by atoms with Gasteiger partial charge in [-0.3, -0.25) is 0 Å². The van der Waals surface area contributed by atoms with Gasteiger partial charge in [-0.15, -0.1) is 0 Å². The van der Waals surface area contributed by atoms with E-state index in [0.717, 1.165) is 54.3 Å². The summed E-state index contributed by atoms with van der Waals surface area (Å²) in [4.78, 5) is 25.2. The first-order chi connectivity index (χ1) is 26.1. The van der Waals surface area contributed by atoms with Crippen molar-refractivity contribution in [2.45, 2.75) is 125 Å². The predicted molar refractivity (Wildman–Crippen MR) is 222 cm³/mol. The average molecular weight is 796 g/mol. The molecule has 0 aliphatic heterocycles. The fraction of sp³-hybridized carbons (Fsp3) is 0.660. The summed E-state index contributed by atoms with van der Waals surface area (Å²) in [6.45, 7) is 12.6. The normalized spacial score (nSPS) is 30.5. The van der Waals surface area contributed by atoms with Crippen LogP contribution in [-0.4, -0.2) is 36.4 Å². The van der Waals surface area contributed by atoms with Gasteiger partial charge >= 0.3 is 11.9 Å². The Balaban J connectivity index is 1.18. The maximum absolute atomic E-state index is 12.6. The number of ether oxygens (including phenoxy) is 2. The zero-order chi connectivity index (χ0) is 39.8. The lowest BCUT2D eigenvalue weighted by atomic mass is 9.44. The SMILES string of the molecule is COC(=O)c1cc(C(=CCC[C@H]2CC[C@@]3(C)[C@@H](CC[C@@H]4[C@@H]3CC[C@]3(C)[C@@H]([C@H](C)CCCC(C)C)CC[C@@H]43)C2)c2cc(Cl)c(O)c(C(=O)OC)c2)cc(Cl)c1O. The van der Waals surface area contributed by atoms with Crippen molar-refractivity contribution in [1.82, 2.24) is 0 Å². The number of rotatable bonds is 12. The van der Waals surface area contributed by atoms with E-state index >= 15 is 0 Å². The summed E-state index contributed by atoms with van der Waals surface area (Å²) >= 11 is 12.9. The number of carbonyl (C=O) groups is 2. The zero-order valence-corrected chi connectivity index (χ0v) is 35.7. The molecule has 2 aromatic carbocycles. The van der Waals surface area contributed by atoms with Crippen molar-refractivity contribution in [3.05, 3.63) is 62.6 Å². The van der Waals surface area contributed by atoms with Crippen LogP contribution in [0.1, 0.15) is 156 Å². The highest BCUT2D eigenvalue weighted by Crippen LogP contribution is 2.69. The first-order valence-electron chi connectivity index (χ1n) is 21.0. The van der Waals surface area contributed by atoms with Gasteiger partial charge in [0.1, 0.15) is 22.6 Å². The molecule has 2 aromatic rings. The van der Waals surface area contributed by atoms with Crippen LogP contribution >= 0.6 is 23.2 Å². The fourth-order valence-corrected chi connectivity index (χ4v) is 13.0. The first kappa shape index (κ1) is 41.9. The lowest BCUT2D eigenvalue weighted by Crippen LogP contribution is -2.53. The maximum Gasteiger partial charge on any atom is 0.341 e. The number of halogens is 2. The molecule has 0 bridgehead atoms. The Kier molecular flexibility index (Phi) is 13.0. The lowest BCUT2D eigenvalue weighted by Gasteiger charge is -2.61. The van der Waals surface area contributed by atoms with Crippen LogP contribution in [0.5, 0.6) is 11.5 Å². The van der Waals surface area contributed by atoms with Crippen LogP contribution in [0.25, 0.3) is 5.57 Å². The number of aromatic hydroxyl groups is 2. The highest BCUT2D eigenvalue weighted by atomic mass is 35.5. The maximum atomic E-state index is 12.6. The van der Waals surface area contributed by atoms with Crippen molar-refractivity contribution in [2.75, 3.05) is 14.2 Å². The molecule has 0 heterocycles. The van der Waals surface area contributed by atoms with Crippen molar-refractivity contribution in [2.24, 2.45) is 58.2 Å². The molecular weight excluding hydrogens is 731 g/mol. The summed E-state index contributed by atoms with van der Waals surface area (Å²) in [5, 5.41) is 21.2. The summed E-state index contributed by atoms with van der Waals surface area (Å²) in [5.74, 6) is 4.34. The van der Waals surface area contributed by atoms with Gasteiger partial charge in [0, 0.05) is 0 Å². The molecule has 4 saturated carbocycles. The Morgan fingerprint density at radius 3 is 1.96 bits per heavy atom. The van der Waals surface area contributed by atoms with Crippen LogP contribution < -0.4 is 0 Å². The lowest BCUT2D eigenvalue weighted by molar-refractivity contribution is -0.121. The van der Waals surface area contributed by atoms with Gasteiger partial charge in [-0.1, -0.05) is 83.2 Å². The molecule has 6 rings (SSSR count). The van der Waals surface area contributed by atoms with Crippen LogP contribution in [0.15, 0.2) is 30.3 Å². The predicted octanol–water partition coefficient (Wildman–Crippen LogP) is 12.9. The number of fused-ring (bicyclic) bond motifs is 5. The van der Waals surface area contributed by atoms with Gasteiger partial charge in [0.15, 0.2) is 0 Å². The smallest absolute Gasteiger partial charge is 0.341 e. The molecule has 2 N–H and O–H groups in total. The first-order valence-corrected chi connectivity index (χ1v) is 21.8. The molecule has 0 spiro atoms. The van der Waals surface area contributed by atoms with Crippen LogP contribution in [0.3, 0.4) is 0 Å². The number of allylic oxidation sites excluding steroid dienone is 1. The molecule has 6 nitrogen and oxygen atoms in total. The van der Waals surface area contributed by atoms with Gasteiger partial charge in [-0.25, -0.2) is 9.59 Å². The van der Waals surface area contributed by atoms with E-state index < -0.39 is 11.9 Å². The van der Waals surface area contributed by atoms with E-state index in [1.54, 1.807) is 12.1 Å². The summed E-state index contributed by atoms with van der Waals surface area (Å²) in [7, 11) is 2.49. The standard InChI is InChI=1S/C47H64Cl2O6/c1-27(2)10-8-11-28(3)37-16-17-38-34-15-14-32-22-29(18-20-46(32,4)39(34)19-21-47(37,38)5)12-9-13-33(30-23-35(44(52)54-6)42(50)40(48)25-30)31-24-36(45(53)55-7)43(51)41(49)26-31/h13,23-29,32,34,37-39,50-51H,8-12,14-22H2,1-7H3/t28-,29+,32+,34+,37-,38+,39+,46+,47-/m1/s1. The number of esters is 2. The van der Waals surface area contributed by atoms with E-state index in [1.165, 1.54) is 103 Å². The second-order valence-electron chi connectivity index (χ2n) is 18.7. The van der Waals surface area contributed by atoms with Crippen molar-refractivity contribution >= 4 is 40.7 Å². The second kappa shape index (κ2) is 17.0. The van der Waals surface area contributed by atoms with Crippen LogP contribution in [0.2, 0.25) is 10.0 Å². The van der Waals surface area contributed by atoms with Crippen LogP contribution in [0, 0.1) is 58.2 Å². The van der Waals surface area contributed by atoms with E-state index in [2.05, 4.69) is 40.7 Å². The highest BCUT2D eigenvalue weighted by molar-refractivity contribution is 6.33. The molecular formula is C47H64Cl2O6. The Morgan fingerprint density at radius 2 is 1.38 bits per heavy atom. The number of phenolic OH excluding ortho intramolecular Hbond substituents is 2. The van der Waals surface area contributed by atoms with Crippen molar-refractivity contribution in [1.29, 1.82) is 0 Å². The molecule has 0 aromatic heterocycles. The van der Waals surface area contributed by atoms with Gasteiger partial charge in [0.05, 0.1) is 24.3 Å². The Bertz CT molecular complexity index is 1690. The summed E-state index contributed by atoms with van der Waals surface area (Å²) in [6.07, 6.45) is 20.2. The molecule has 8 heteroatoms. The molecule has 4 aliphatic carbocycles. The van der Waals surface area contributed by atoms with E-state index in [9.17, 15) is 19.8 Å². The van der Waals surface area contributed by atoms with Crippen LogP contribution in [0.4, 0.5) is 0 Å². The van der Waals surface area contributed by atoms with Crippen molar-refractivity contribution in [3.63, 3.8) is 0 Å². The highest BCUT2D eigenvalue weighted by Gasteiger charge is 2.60. The van der Waals surface area contributed by atoms with Gasteiger partial charge in [-0.05, 0) is 170 Å². The third-order valence-electron chi connectivity index (χ3n) is 15.5. The van der Waals surface area contributed by atoms with Gasteiger partial charge < -0.3 is 19.7 Å². The molecule has 0 amide bonds. The Labute approximate surface area is 339 Å². The number of carbonyl (C=O) groups excluding carboxylic acids is 2. The summed E-state index contributed by atoms with van der Waals surface area (Å²) in [6, 6.07) is 6.26. The topological polar surface area (TPSA) is 93.1 Å². The molecule has 4 aliphatic rings. The number of hydrogen-bond donors (Lipinski definition) is 2. The monoisotopic (exact) mass is 794 g/mol. The molecule has 4 fully saturated rings. The van der Waals surface area contributed by atoms with E-state index in [1.807, 2.05) is 0 Å². The van der Waals surface area contributed by atoms with E-state index in [0.29, 0.717) is 33.4 Å². The number of phenols is 2. The molecule has 302 valence electrons. The van der Waals surface area contributed by atoms with Crippen molar-refractivity contribution in [3.8, 4) is 11.5 Å². The number of benzene rings is 2. The minimum Gasteiger partial charge on any atom is -0.505 e. The van der Waals surface area contributed by atoms with E-state index in [4.69, 9.17) is 32.7 Å².